The Morgan fingerprint density at radius 1 is 1.38 bits per heavy atom. The second kappa shape index (κ2) is 7.13. The first-order chi connectivity index (χ1) is 11.1. The average molecular weight is 362 g/mol. The Labute approximate surface area is 143 Å². The van der Waals surface area contributed by atoms with E-state index in [0.717, 1.165) is 36.0 Å². The number of rotatable bonds is 2. The number of hydrogen-bond donors (Lipinski definition) is 0. The fraction of sp³-hybridized carbons (Fsp3) is 0.625. The summed E-state index contributed by atoms with van der Waals surface area (Å²) in [6.45, 7) is 5.98. The van der Waals surface area contributed by atoms with E-state index in [1.54, 1.807) is 37.8 Å². The van der Waals surface area contributed by atoms with Gasteiger partial charge in [0.15, 0.2) is 5.69 Å². The van der Waals surface area contributed by atoms with Crippen LogP contribution in [-0.4, -0.2) is 34.2 Å². The first-order valence-electron chi connectivity index (χ1n) is 7.77. The van der Waals surface area contributed by atoms with Gasteiger partial charge in [-0.05, 0) is 46.1 Å². The van der Waals surface area contributed by atoms with Crippen molar-refractivity contribution in [3.8, 4) is 0 Å². The zero-order valence-corrected chi connectivity index (χ0v) is 14.7. The summed E-state index contributed by atoms with van der Waals surface area (Å²) in [5.74, 6) is 0. The van der Waals surface area contributed by atoms with Gasteiger partial charge >= 0.3 is 12.3 Å². The summed E-state index contributed by atoms with van der Waals surface area (Å²) in [6, 6.07) is -0.188. The van der Waals surface area contributed by atoms with Gasteiger partial charge in [-0.2, -0.15) is 13.2 Å². The minimum absolute atomic E-state index is 0.188. The number of likely N-dealkylation sites (tertiary alicyclic amines) is 1. The Morgan fingerprint density at radius 2 is 2.08 bits per heavy atom. The lowest BCUT2D eigenvalue weighted by atomic mass is 10.0. The molecule has 4 nitrogen and oxygen atoms in total. The lowest BCUT2D eigenvalue weighted by Gasteiger charge is -2.35. The number of aromatic nitrogens is 1. The van der Waals surface area contributed by atoms with Crippen LogP contribution in [0.25, 0.3) is 6.08 Å². The molecular weight excluding hydrogens is 341 g/mol. The molecule has 1 aliphatic heterocycles. The highest BCUT2D eigenvalue weighted by molar-refractivity contribution is 7.10. The molecule has 0 saturated carbocycles. The lowest BCUT2D eigenvalue weighted by molar-refractivity contribution is -0.140. The van der Waals surface area contributed by atoms with E-state index in [9.17, 15) is 18.0 Å². The van der Waals surface area contributed by atoms with Crippen molar-refractivity contribution in [2.24, 2.45) is 0 Å². The SMILES string of the molecule is CC(C)(C)OC(=O)N1CCCCC1/C=C/c1nc(C(F)(F)F)cs1. The number of amides is 1. The smallest absolute Gasteiger partial charge is 0.434 e. The summed E-state index contributed by atoms with van der Waals surface area (Å²) in [4.78, 5) is 17.5. The summed E-state index contributed by atoms with van der Waals surface area (Å²) in [5.41, 5.74) is -1.47. The van der Waals surface area contributed by atoms with Crippen molar-refractivity contribution in [1.29, 1.82) is 0 Å². The molecule has 8 heteroatoms. The quantitative estimate of drug-likeness (QED) is 0.746. The van der Waals surface area contributed by atoms with Crippen molar-refractivity contribution in [1.82, 2.24) is 9.88 Å². The van der Waals surface area contributed by atoms with Gasteiger partial charge in [0.05, 0.1) is 6.04 Å². The third-order valence-electron chi connectivity index (χ3n) is 3.45. The molecule has 1 saturated heterocycles. The van der Waals surface area contributed by atoms with Crippen LogP contribution in [0.2, 0.25) is 0 Å². The van der Waals surface area contributed by atoms with Crippen LogP contribution in [0.1, 0.15) is 50.7 Å². The molecule has 1 aromatic heterocycles. The fourth-order valence-corrected chi connectivity index (χ4v) is 3.12. The summed E-state index contributed by atoms with van der Waals surface area (Å²) in [7, 11) is 0. The van der Waals surface area contributed by atoms with Crippen molar-refractivity contribution in [2.45, 2.75) is 57.9 Å². The highest BCUT2D eigenvalue weighted by atomic mass is 32.1. The van der Waals surface area contributed by atoms with Crippen LogP contribution in [0.4, 0.5) is 18.0 Å². The first kappa shape index (κ1) is 18.8. The summed E-state index contributed by atoms with van der Waals surface area (Å²) < 4.78 is 43.1. The Balaban J connectivity index is 2.08. The Bertz CT molecular complexity index is 605. The molecule has 0 bridgehead atoms. The molecule has 1 aliphatic rings. The van der Waals surface area contributed by atoms with Gasteiger partial charge in [-0.15, -0.1) is 11.3 Å². The van der Waals surface area contributed by atoms with Crippen molar-refractivity contribution in [3.05, 3.63) is 22.2 Å². The van der Waals surface area contributed by atoms with Crippen LogP contribution in [0.5, 0.6) is 0 Å². The zero-order chi connectivity index (χ0) is 18.0. The summed E-state index contributed by atoms with van der Waals surface area (Å²) in [5, 5.41) is 1.27. The molecule has 1 aromatic rings. The molecule has 0 N–H and O–H groups in total. The van der Waals surface area contributed by atoms with Crippen molar-refractivity contribution in [2.75, 3.05) is 6.54 Å². The van der Waals surface area contributed by atoms with Gasteiger partial charge in [0.1, 0.15) is 10.6 Å². The highest BCUT2D eigenvalue weighted by Gasteiger charge is 2.33. The van der Waals surface area contributed by atoms with Crippen LogP contribution < -0.4 is 0 Å². The predicted octanol–water partition coefficient (Wildman–Crippen LogP) is 4.96. The van der Waals surface area contributed by atoms with E-state index in [1.807, 2.05) is 0 Å². The molecular formula is C16H21F3N2O2S. The Kier molecular flexibility index (Phi) is 5.57. The maximum absolute atomic E-state index is 12.6. The first-order valence-corrected chi connectivity index (χ1v) is 8.65. The minimum Gasteiger partial charge on any atom is -0.444 e. The van der Waals surface area contributed by atoms with Crippen LogP contribution >= 0.6 is 11.3 Å². The number of ether oxygens (including phenoxy) is 1. The van der Waals surface area contributed by atoms with Crippen molar-refractivity contribution in [3.63, 3.8) is 0 Å². The third kappa shape index (κ3) is 5.22. The van der Waals surface area contributed by atoms with Crippen LogP contribution in [0.15, 0.2) is 11.5 Å². The second-order valence-electron chi connectivity index (χ2n) is 6.66. The van der Waals surface area contributed by atoms with E-state index in [0.29, 0.717) is 6.54 Å². The predicted molar refractivity (Wildman–Crippen MR) is 86.7 cm³/mol. The Hall–Kier alpha value is -1.57. The number of thiazole rings is 1. The Morgan fingerprint density at radius 3 is 2.67 bits per heavy atom. The van der Waals surface area contributed by atoms with E-state index < -0.39 is 23.6 Å². The number of carbonyl (C=O) groups is 1. The molecule has 0 radical (unpaired) electrons. The van der Waals surface area contributed by atoms with Crippen LogP contribution in [0, 0.1) is 0 Å². The van der Waals surface area contributed by atoms with Crippen molar-refractivity contribution >= 4 is 23.5 Å². The summed E-state index contributed by atoms with van der Waals surface area (Å²) >= 11 is 0.932. The number of nitrogens with zero attached hydrogens (tertiary/aromatic N) is 2. The zero-order valence-electron chi connectivity index (χ0n) is 13.9. The van der Waals surface area contributed by atoms with Crippen LogP contribution in [0.3, 0.4) is 0 Å². The molecule has 24 heavy (non-hydrogen) atoms. The topological polar surface area (TPSA) is 42.4 Å². The second-order valence-corrected chi connectivity index (χ2v) is 7.55. The minimum atomic E-state index is -4.43. The number of carbonyl (C=O) groups excluding carboxylic acids is 1. The average Bonchev–Trinajstić information content (AvgIpc) is 2.92. The van der Waals surface area contributed by atoms with Gasteiger partial charge in [-0.1, -0.05) is 6.08 Å². The molecule has 1 unspecified atom stereocenters. The molecule has 0 aromatic carbocycles. The van der Waals surface area contributed by atoms with E-state index in [2.05, 4.69) is 4.98 Å². The van der Waals surface area contributed by atoms with Gasteiger partial charge in [0.2, 0.25) is 0 Å². The standard InChI is InChI=1S/C16H21F3N2O2S/c1-15(2,3)23-14(22)21-9-5-4-6-11(21)7-8-13-20-12(10-24-13)16(17,18)19/h7-8,10-11H,4-6,9H2,1-3H3/b8-7+. The van der Waals surface area contributed by atoms with Gasteiger partial charge in [0.25, 0.3) is 0 Å². The van der Waals surface area contributed by atoms with Gasteiger partial charge < -0.3 is 9.64 Å². The third-order valence-corrected chi connectivity index (χ3v) is 4.26. The number of alkyl halides is 3. The maximum Gasteiger partial charge on any atom is 0.434 e. The largest absolute Gasteiger partial charge is 0.444 e. The monoisotopic (exact) mass is 362 g/mol. The van der Waals surface area contributed by atoms with Crippen molar-refractivity contribution < 1.29 is 22.7 Å². The highest BCUT2D eigenvalue weighted by Crippen LogP contribution is 2.30. The molecule has 2 rings (SSSR count). The van der Waals surface area contributed by atoms with Crippen LogP contribution in [-0.2, 0) is 10.9 Å². The van der Waals surface area contributed by atoms with Gasteiger partial charge in [0, 0.05) is 11.9 Å². The molecule has 1 amide bonds. The number of hydrogen-bond acceptors (Lipinski definition) is 4. The molecule has 134 valence electrons. The molecule has 1 fully saturated rings. The fourth-order valence-electron chi connectivity index (χ4n) is 2.39. The normalized spacial score (nSPS) is 19.8. The molecule has 1 atom stereocenters. The maximum atomic E-state index is 12.6. The van der Waals surface area contributed by atoms with E-state index in [-0.39, 0.29) is 11.0 Å². The van der Waals surface area contributed by atoms with Gasteiger partial charge in [-0.3, -0.25) is 0 Å². The van der Waals surface area contributed by atoms with E-state index in [4.69, 9.17) is 4.74 Å². The molecule has 0 spiro atoms. The number of halogens is 3. The molecule has 2 heterocycles. The summed E-state index contributed by atoms with van der Waals surface area (Å²) in [6.07, 6.45) is 1.06. The van der Waals surface area contributed by atoms with Gasteiger partial charge in [-0.25, -0.2) is 9.78 Å². The lowest BCUT2D eigenvalue weighted by Crippen LogP contribution is -2.45. The van der Waals surface area contributed by atoms with E-state index >= 15 is 0 Å². The number of piperidine rings is 1. The van der Waals surface area contributed by atoms with E-state index in [1.165, 1.54) is 0 Å². The molecule has 0 aliphatic carbocycles.